The Morgan fingerprint density at radius 1 is 1.14 bits per heavy atom. The molecular weight excluding hydrogens is 418 g/mol. The molecule has 6 heteroatoms. The van der Waals surface area contributed by atoms with E-state index in [2.05, 4.69) is 33.1 Å². The van der Waals surface area contributed by atoms with Crippen molar-refractivity contribution in [3.63, 3.8) is 0 Å². The van der Waals surface area contributed by atoms with Gasteiger partial charge < -0.3 is 15.1 Å². The van der Waals surface area contributed by atoms with Crippen molar-refractivity contribution in [2.24, 2.45) is 0 Å². The number of anilines is 2. The minimum absolute atomic E-state index is 0.0893. The van der Waals surface area contributed by atoms with Crippen LogP contribution in [0.4, 0.5) is 11.4 Å². The van der Waals surface area contributed by atoms with Gasteiger partial charge >= 0.3 is 0 Å². The highest BCUT2D eigenvalue weighted by molar-refractivity contribution is 9.10. The molecule has 2 amide bonds. The maximum absolute atomic E-state index is 13.1. The van der Waals surface area contributed by atoms with E-state index in [-0.39, 0.29) is 18.0 Å². The molecule has 0 saturated carbocycles. The maximum atomic E-state index is 13.1. The summed E-state index contributed by atoms with van der Waals surface area (Å²) < 4.78 is 0.962. The fourth-order valence-corrected chi connectivity index (χ4v) is 4.44. The molecule has 1 atom stereocenters. The summed E-state index contributed by atoms with van der Waals surface area (Å²) in [6.07, 6.45) is 4.42. The number of hydrogen-bond acceptors (Lipinski definition) is 3. The summed E-state index contributed by atoms with van der Waals surface area (Å²) >= 11 is 3.40. The number of carbonyl (C=O) groups excluding carboxylic acids is 2. The number of amides is 2. The van der Waals surface area contributed by atoms with E-state index in [1.165, 1.54) is 0 Å². The Morgan fingerprint density at radius 3 is 2.68 bits per heavy atom. The number of rotatable bonds is 3. The van der Waals surface area contributed by atoms with Gasteiger partial charge in [-0.2, -0.15) is 0 Å². The summed E-state index contributed by atoms with van der Waals surface area (Å²) in [5.74, 6) is -0.0802. The summed E-state index contributed by atoms with van der Waals surface area (Å²) in [5.41, 5.74) is 2.87. The lowest BCUT2D eigenvalue weighted by atomic mass is 10.0. The summed E-state index contributed by atoms with van der Waals surface area (Å²) in [5, 5.41) is 2.93. The standard InChI is InChI=1S/C22H24BrN3O2/c1-2-25-19-14-15(21(27)24-17-10-8-16(23)9-11-17)7-12-18(19)22(28)26-13-5-3-4-6-20(25)26/h7-12,14,20H,2-6,13H2,1H3,(H,24,27). The van der Waals surface area contributed by atoms with Gasteiger partial charge in [-0.15, -0.1) is 0 Å². The highest BCUT2D eigenvalue weighted by Crippen LogP contribution is 2.35. The minimum atomic E-state index is -0.170. The maximum Gasteiger partial charge on any atom is 0.257 e. The molecule has 2 aromatic carbocycles. The molecule has 1 N–H and O–H groups in total. The van der Waals surface area contributed by atoms with Crippen LogP contribution < -0.4 is 10.2 Å². The molecule has 2 aliphatic heterocycles. The Kier molecular flexibility index (Phi) is 5.40. The Bertz CT molecular complexity index is 897. The van der Waals surface area contributed by atoms with E-state index in [9.17, 15) is 9.59 Å². The number of nitrogens with zero attached hydrogens (tertiary/aromatic N) is 2. The van der Waals surface area contributed by atoms with E-state index in [0.29, 0.717) is 11.1 Å². The number of hydrogen-bond donors (Lipinski definition) is 1. The van der Waals surface area contributed by atoms with Crippen LogP contribution in [0.5, 0.6) is 0 Å². The van der Waals surface area contributed by atoms with Gasteiger partial charge in [-0.05, 0) is 68.7 Å². The molecule has 2 aliphatic rings. The normalized spacial score (nSPS) is 18.9. The molecule has 1 saturated heterocycles. The Balaban J connectivity index is 1.65. The number of nitrogens with one attached hydrogen (secondary N) is 1. The zero-order valence-electron chi connectivity index (χ0n) is 16.0. The largest absolute Gasteiger partial charge is 0.351 e. The Morgan fingerprint density at radius 2 is 1.93 bits per heavy atom. The Hall–Kier alpha value is -2.34. The zero-order chi connectivity index (χ0) is 19.7. The molecule has 28 heavy (non-hydrogen) atoms. The zero-order valence-corrected chi connectivity index (χ0v) is 17.5. The van der Waals surface area contributed by atoms with Crippen molar-refractivity contribution < 1.29 is 9.59 Å². The average molecular weight is 442 g/mol. The average Bonchev–Trinajstić information content (AvgIpc) is 2.96. The van der Waals surface area contributed by atoms with Crippen LogP contribution >= 0.6 is 15.9 Å². The fourth-order valence-electron chi connectivity index (χ4n) is 4.18. The van der Waals surface area contributed by atoms with Gasteiger partial charge in [0.2, 0.25) is 0 Å². The molecule has 2 aromatic rings. The molecule has 0 radical (unpaired) electrons. The smallest absolute Gasteiger partial charge is 0.257 e. The van der Waals surface area contributed by atoms with Crippen molar-refractivity contribution in [1.82, 2.24) is 4.90 Å². The SMILES string of the molecule is CCN1c2cc(C(=O)Nc3ccc(Br)cc3)ccc2C(=O)N2CCCCCC21. The van der Waals surface area contributed by atoms with E-state index in [4.69, 9.17) is 0 Å². The van der Waals surface area contributed by atoms with Crippen LogP contribution in [0, 0.1) is 0 Å². The van der Waals surface area contributed by atoms with E-state index >= 15 is 0 Å². The second-order valence-electron chi connectivity index (χ2n) is 7.31. The van der Waals surface area contributed by atoms with E-state index in [0.717, 1.165) is 54.6 Å². The first-order valence-corrected chi connectivity index (χ1v) is 10.7. The molecule has 4 rings (SSSR count). The monoisotopic (exact) mass is 441 g/mol. The predicted molar refractivity (Wildman–Crippen MR) is 115 cm³/mol. The Labute approximate surface area is 173 Å². The number of fused-ring (bicyclic) bond motifs is 2. The van der Waals surface area contributed by atoms with Gasteiger partial charge in [0.25, 0.3) is 11.8 Å². The minimum Gasteiger partial charge on any atom is -0.351 e. The van der Waals surface area contributed by atoms with Gasteiger partial charge in [-0.1, -0.05) is 22.4 Å². The lowest BCUT2D eigenvalue weighted by Crippen LogP contribution is -2.55. The summed E-state index contributed by atoms with van der Waals surface area (Å²) in [6.45, 7) is 3.72. The number of carbonyl (C=O) groups is 2. The van der Waals surface area contributed by atoms with Gasteiger partial charge in [0.15, 0.2) is 0 Å². The van der Waals surface area contributed by atoms with Crippen LogP contribution in [0.15, 0.2) is 46.9 Å². The van der Waals surface area contributed by atoms with Crippen molar-refractivity contribution in [2.45, 2.75) is 38.8 Å². The van der Waals surface area contributed by atoms with Crippen LogP contribution in [0.2, 0.25) is 0 Å². The molecule has 5 nitrogen and oxygen atoms in total. The molecule has 2 heterocycles. The second kappa shape index (κ2) is 7.95. The molecular formula is C22H24BrN3O2. The van der Waals surface area contributed by atoms with Gasteiger partial charge in [0.1, 0.15) is 6.17 Å². The quantitative estimate of drug-likeness (QED) is 0.737. The molecule has 1 unspecified atom stereocenters. The van der Waals surface area contributed by atoms with Gasteiger partial charge in [0, 0.05) is 28.8 Å². The van der Waals surface area contributed by atoms with Crippen LogP contribution in [0.1, 0.15) is 53.3 Å². The molecule has 0 aromatic heterocycles. The summed E-state index contributed by atoms with van der Waals surface area (Å²) in [6, 6.07) is 12.9. The van der Waals surface area contributed by atoms with Gasteiger partial charge in [0.05, 0.1) is 11.3 Å². The highest BCUT2D eigenvalue weighted by atomic mass is 79.9. The first-order chi connectivity index (χ1) is 13.6. The molecule has 0 aliphatic carbocycles. The van der Waals surface area contributed by atoms with E-state index in [1.54, 1.807) is 12.1 Å². The van der Waals surface area contributed by atoms with Gasteiger partial charge in [-0.3, -0.25) is 9.59 Å². The molecule has 0 bridgehead atoms. The van der Waals surface area contributed by atoms with Crippen molar-refractivity contribution in [1.29, 1.82) is 0 Å². The predicted octanol–water partition coefficient (Wildman–Crippen LogP) is 4.88. The van der Waals surface area contributed by atoms with E-state index < -0.39 is 0 Å². The lowest BCUT2D eigenvalue weighted by molar-refractivity contribution is 0.0656. The van der Waals surface area contributed by atoms with E-state index in [1.807, 2.05) is 35.2 Å². The van der Waals surface area contributed by atoms with Crippen LogP contribution in [0.25, 0.3) is 0 Å². The third-order valence-corrected chi connectivity index (χ3v) is 6.11. The first-order valence-electron chi connectivity index (χ1n) is 9.87. The molecule has 1 fully saturated rings. The van der Waals surface area contributed by atoms with Crippen LogP contribution in [-0.4, -0.2) is 36.0 Å². The lowest BCUT2D eigenvalue weighted by Gasteiger charge is -2.44. The van der Waals surface area contributed by atoms with Crippen molar-refractivity contribution in [3.8, 4) is 0 Å². The summed E-state index contributed by atoms with van der Waals surface area (Å²) in [7, 11) is 0. The highest BCUT2D eigenvalue weighted by Gasteiger charge is 2.37. The molecule has 146 valence electrons. The van der Waals surface area contributed by atoms with Crippen molar-refractivity contribution in [3.05, 3.63) is 58.1 Å². The second-order valence-corrected chi connectivity index (χ2v) is 8.22. The van der Waals surface area contributed by atoms with Crippen molar-refractivity contribution >= 4 is 39.1 Å². The topological polar surface area (TPSA) is 52.7 Å². The van der Waals surface area contributed by atoms with Crippen molar-refractivity contribution in [2.75, 3.05) is 23.3 Å². The number of benzene rings is 2. The molecule has 0 spiro atoms. The third-order valence-electron chi connectivity index (χ3n) is 5.58. The van der Waals surface area contributed by atoms with Crippen LogP contribution in [-0.2, 0) is 0 Å². The first kappa shape index (κ1) is 19.0. The third kappa shape index (κ3) is 3.53. The van der Waals surface area contributed by atoms with Crippen LogP contribution in [0.3, 0.4) is 0 Å². The van der Waals surface area contributed by atoms with Gasteiger partial charge in [-0.25, -0.2) is 0 Å². The number of halogens is 1. The fraction of sp³-hybridized carbons (Fsp3) is 0.364. The summed E-state index contributed by atoms with van der Waals surface area (Å²) in [4.78, 5) is 30.1.